The second-order valence-corrected chi connectivity index (χ2v) is 6.63. The summed E-state index contributed by atoms with van der Waals surface area (Å²) in [6.07, 6.45) is -4.88. The van der Waals surface area contributed by atoms with Crippen LogP contribution in [0.15, 0.2) is 36.4 Å². The van der Waals surface area contributed by atoms with E-state index in [9.17, 15) is 32.3 Å². The molecule has 0 saturated heterocycles. The van der Waals surface area contributed by atoms with Gasteiger partial charge in [-0.1, -0.05) is 0 Å². The lowest BCUT2D eigenvalue weighted by molar-refractivity contribution is -0.274. The average Bonchev–Trinajstić information content (AvgIpc) is 2.95. The van der Waals surface area contributed by atoms with Crippen molar-refractivity contribution in [3.05, 3.63) is 59.0 Å². The van der Waals surface area contributed by atoms with Gasteiger partial charge in [0.15, 0.2) is 11.6 Å². The van der Waals surface area contributed by atoms with Gasteiger partial charge in [-0.25, -0.2) is 4.39 Å². The van der Waals surface area contributed by atoms with Crippen LogP contribution in [-0.2, 0) is 4.79 Å². The second-order valence-electron chi connectivity index (χ2n) is 6.63. The summed E-state index contributed by atoms with van der Waals surface area (Å²) in [7, 11) is 0. The topological polar surface area (TPSA) is 94.5 Å². The molecule has 6 nitrogen and oxygen atoms in total. The first-order valence-electron chi connectivity index (χ1n) is 8.64. The average molecular weight is 424 g/mol. The number of aromatic nitrogens is 1. The van der Waals surface area contributed by atoms with Crippen molar-refractivity contribution in [1.29, 1.82) is 0 Å². The van der Waals surface area contributed by atoms with Crippen LogP contribution in [0.1, 0.15) is 34.5 Å². The van der Waals surface area contributed by atoms with E-state index in [1.807, 2.05) is 0 Å². The number of rotatable bonds is 4. The number of primary amides is 1. The lowest BCUT2D eigenvalue weighted by atomic mass is 9.97. The van der Waals surface area contributed by atoms with Gasteiger partial charge in [0.05, 0.1) is 11.4 Å². The van der Waals surface area contributed by atoms with Crippen molar-refractivity contribution < 1.29 is 37.0 Å². The minimum Gasteiger partial charge on any atom is -0.505 e. The van der Waals surface area contributed by atoms with Crippen molar-refractivity contribution in [1.82, 2.24) is 4.57 Å². The van der Waals surface area contributed by atoms with Gasteiger partial charge in [-0.15, -0.1) is 13.2 Å². The first-order chi connectivity index (χ1) is 13.9. The van der Waals surface area contributed by atoms with Crippen molar-refractivity contribution in [3.8, 4) is 11.5 Å². The Morgan fingerprint density at radius 3 is 2.27 bits per heavy atom. The molecule has 0 bridgehead atoms. The number of hydrogen-bond donors (Lipinski definition) is 2. The molecular weight excluding hydrogens is 408 g/mol. The van der Waals surface area contributed by atoms with Crippen LogP contribution in [0.25, 0.3) is 10.9 Å². The first-order valence-corrected chi connectivity index (χ1v) is 8.64. The Morgan fingerprint density at radius 2 is 1.73 bits per heavy atom. The predicted octanol–water partition coefficient (Wildman–Crippen LogP) is 3.97. The van der Waals surface area contributed by atoms with Gasteiger partial charge in [0.25, 0.3) is 5.91 Å². The second kappa shape index (κ2) is 7.36. The van der Waals surface area contributed by atoms with Crippen molar-refractivity contribution in [2.45, 2.75) is 26.1 Å². The molecule has 0 spiro atoms. The van der Waals surface area contributed by atoms with E-state index in [1.54, 1.807) is 0 Å². The molecule has 1 aromatic heterocycles. The number of carbonyl (C=O) groups is 2. The number of ether oxygens (including phenoxy) is 1. The maximum atomic E-state index is 14.7. The Morgan fingerprint density at radius 1 is 1.13 bits per heavy atom. The third-order valence-corrected chi connectivity index (χ3v) is 4.73. The summed E-state index contributed by atoms with van der Waals surface area (Å²) < 4.78 is 56.6. The van der Waals surface area contributed by atoms with Gasteiger partial charge in [-0.05, 0) is 55.8 Å². The summed E-state index contributed by atoms with van der Waals surface area (Å²) >= 11 is 0. The lowest BCUT2D eigenvalue weighted by Gasteiger charge is -2.11. The number of hydrogen-bond acceptors (Lipinski definition) is 4. The Hall–Kier alpha value is -3.56. The molecule has 30 heavy (non-hydrogen) atoms. The van der Waals surface area contributed by atoms with E-state index >= 15 is 0 Å². The van der Waals surface area contributed by atoms with Gasteiger partial charge >= 0.3 is 6.36 Å². The van der Waals surface area contributed by atoms with Crippen LogP contribution < -0.4 is 10.5 Å². The Balaban J connectivity index is 2.16. The molecule has 0 fully saturated rings. The number of phenols is 1. The minimum absolute atomic E-state index is 0.00344. The van der Waals surface area contributed by atoms with Crippen LogP contribution in [0.2, 0.25) is 0 Å². The molecule has 1 heterocycles. The highest BCUT2D eigenvalue weighted by molar-refractivity contribution is 6.05. The molecule has 1 amide bonds. The first kappa shape index (κ1) is 21.2. The van der Waals surface area contributed by atoms with Crippen molar-refractivity contribution in [3.63, 3.8) is 0 Å². The summed E-state index contributed by atoms with van der Waals surface area (Å²) in [5.41, 5.74) is 5.77. The van der Waals surface area contributed by atoms with Crippen LogP contribution in [0, 0.1) is 12.7 Å². The SMILES string of the molecule is Cc1c([C@@H](C)C(N)=O)c2c(F)c(O)ccc2n1C(=O)c1ccc(OC(F)(F)F)cc1. The van der Waals surface area contributed by atoms with Crippen LogP contribution >= 0.6 is 0 Å². The van der Waals surface area contributed by atoms with Gasteiger partial charge in [-0.3, -0.25) is 14.2 Å². The van der Waals surface area contributed by atoms with Gasteiger partial charge in [0.2, 0.25) is 5.91 Å². The summed E-state index contributed by atoms with van der Waals surface area (Å²) in [6.45, 7) is 2.91. The number of benzene rings is 2. The van der Waals surface area contributed by atoms with Crippen molar-refractivity contribution in [2.24, 2.45) is 5.73 Å². The molecule has 3 aromatic rings. The highest BCUT2D eigenvalue weighted by Crippen LogP contribution is 2.37. The monoisotopic (exact) mass is 424 g/mol. The standard InChI is InChI=1S/C20H16F4N2O4/c1-9(18(25)28)15-10(2)26(13-7-8-14(27)17(21)16(13)15)19(29)11-3-5-12(6-4-11)30-20(22,23)24/h3-9,27H,1-2H3,(H2,25,28)/t9-/m1/s1. The molecule has 10 heteroatoms. The number of phenolic OH excluding ortho intramolecular Hbond substituents is 1. The van der Waals surface area contributed by atoms with E-state index in [0.29, 0.717) is 0 Å². The normalized spacial score (nSPS) is 12.7. The third-order valence-electron chi connectivity index (χ3n) is 4.73. The highest BCUT2D eigenvalue weighted by atomic mass is 19.4. The number of fused-ring (bicyclic) bond motifs is 1. The Kier molecular flexibility index (Phi) is 5.19. The fraction of sp³-hybridized carbons (Fsp3) is 0.200. The molecule has 1 atom stereocenters. The van der Waals surface area contributed by atoms with E-state index in [0.717, 1.165) is 34.9 Å². The molecule has 0 radical (unpaired) electrons. The number of carbonyl (C=O) groups excluding carboxylic acids is 2. The summed E-state index contributed by atoms with van der Waals surface area (Å²) in [6, 6.07) is 6.56. The maximum Gasteiger partial charge on any atom is 0.573 e. The zero-order valence-electron chi connectivity index (χ0n) is 15.7. The Labute approximate surface area is 167 Å². The molecule has 158 valence electrons. The molecule has 0 saturated carbocycles. The summed E-state index contributed by atoms with van der Waals surface area (Å²) in [5, 5.41) is 9.62. The molecule has 3 N–H and O–H groups in total. The van der Waals surface area contributed by atoms with Crippen molar-refractivity contribution >= 4 is 22.7 Å². The summed E-state index contributed by atoms with van der Waals surface area (Å²) in [4.78, 5) is 24.8. The number of amides is 1. The number of halogens is 4. The van der Waals surface area contributed by atoms with Crippen LogP contribution in [0.5, 0.6) is 11.5 Å². The minimum atomic E-state index is -4.88. The quantitative estimate of drug-likeness (QED) is 0.620. The number of nitrogens with zero attached hydrogens (tertiary/aromatic N) is 1. The largest absolute Gasteiger partial charge is 0.573 e. The van der Waals surface area contributed by atoms with Gasteiger partial charge in [-0.2, -0.15) is 0 Å². The number of aromatic hydroxyl groups is 1. The summed E-state index contributed by atoms with van der Waals surface area (Å²) in [5.74, 6) is -4.60. The molecule has 0 aliphatic carbocycles. The molecular formula is C20H16F4N2O4. The van der Waals surface area contributed by atoms with E-state index in [2.05, 4.69) is 4.74 Å². The van der Waals surface area contributed by atoms with Gasteiger partial charge in [0.1, 0.15) is 5.75 Å². The van der Waals surface area contributed by atoms with Gasteiger partial charge < -0.3 is 15.6 Å². The molecule has 2 aromatic carbocycles. The molecule has 3 rings (SSSR count). The van der Waals surface area contributed by atoms with E-state index in [1.165, 1.54) is 19.9 Å². The smallest absolute Gasteiger partial charge is 0.505 e. The predicted molar refractivity (Wildman–Crippen MR) is 98.8 cm³/mol. The maximum absolute atomic E-state index is 14.7. The van der Waals surface area contributed by atoms with E-state index < -0.39 is 41.4 Å². The molecule has 0 aliphatic heterocycles. The van der Waals surface area contributed by atoms with E-state index in [-0.39, 0.29) is 27.7 Å². The van der Waals surface area contributed by atoms with Crippen molar-refractivity contribution in [2.75, 3.05) is 0 Å². The fourth-order valence-electron chi connectivity index (χ4n) is 3.34. The van der Waals surface area contributed by atoms with Crippen LogP contribution in [0.3, 0.4) is 0 Å². The third kappa shape index (κ3) is 3.68. The lowest BCUT2D eigenvalue weighted by Crippen LogP contribution is -2.20. The highest BCUT2D eigenvalue weighted by Gasteiger charge is 2.31. The van der Waals surface area contributed by atoms with E-state index in [4.69, 9.17) is 5.73 Å². The van der Waals surface area contributed by atoms with Gasteiger partial charge in [0, 0.05) is 16.6 Å². The van der Waals surface area contributed by atoms with Crippen LogP contribution in [0.4, 0.5) is 17.6 Å². The zero-order chi connectivity index (χ0) is 22.4. The van der Waals surface area contributed by atoms with Crippen LogP contribution in [-0.4, -0.2) is 27.9 Å². The Bertz CT molecular complexity index is 1150. The zero-order valence-corrected chi connectivity index (χ0v) is 15.7. The molecule has 0 aliphatic rings. The molecule has 0 unspecified atom stereocenters. The fourth-order valence-corrected chi connectivity index (χ4v) is 3.34. The number of nitrogens with two attached hydrogens (primary N) is 1. The number of alkyl halides is 3.